The van der Waals surface area contributed by atoms with E-state index in [4.69, 9.17) is 0 Å². The number of pyridine rings is 1. The van der Waals surface area contributed by atoms with Gasteiger partial charge in [0.05, 0.1) is 0 Å². The monoisotopic (exact) mass is 339 g/mol. The summed E-state index contributed by atoms with van der Waals surface area (Å²) in [6.07, 6.45) is 2.56. The zero-order chi connectivity index (χ0) is 17.1. The van der Waals surface area contributed by atoms with Gasteiger partial charge in [0.25, 0.3) is 0 Å². The lowest BCUT2D eigenvalue weighted by molar-refractivity contribution is -0.109. The number of aromatic nitrogens is 1. The van der Waals surface area contributed by atoms with Gasteiger partial charge >= 0.3 is 0 Å². The molecule has 1 aliphatic heterocycles. The van der Waals surface area contributed by atoms with Crippen LogP contribution in [-0.4, -0.2) is 28.8 Å². The normalized spacial score (nSPS) is 16.1. The van der Waals surface area contributed by atoms with E-state index in [-0.39, 0.29) is 5.78 Å². The summed E-state index contributed by atoms with van der Waals surface area (Å²) in [7, 11) is 0. The molecular formula is C18H17N3O2S. The fraction of sp³-hybridized carbons (Fsp3) is 0.222. The molecule has 0 N–H and O–H groups in total. The molecule has 1 unspecified atom stereocenters. The van der Waals surface area contributed by atoms with Crippen LogP contribution in [0.5, 0.6) is 0 Å². The number of carbonyl (C=O) groups is 2. The number of carbonyl (C=O) groups excluding carboxylic acids is 2. The fourth-order valence-corrected chi connectivity index (χ4v) is 3.65. The van der Waals surface area contributed by atoms with Crippen LogP contribution in [0.2, 0.25) is 0 Å². The zero-order valence-corrected chi connectivity index (χ0v) is 14.3. The first-order valence-corrected chi connectivity index (χ1v) is 8.50. The minimum absolute atomic E-state index is 0.0353. The number of rotatable bonds is 4. The van der Waals surface area contributed by atoms with Crippen molar-refractivity contribution in [2.24, 2.45) is 4.99 Å². The van der Waals surface area contributed by atoms with Crippen LogP contribution < -0.4 is 4.90 Å². The Morgan fingerprint density at radius 3 is 2.67 bits per heavy atom. The van der Waals surface area contributed by atoms with E-state index in [0.29, 0.717) is 12.1 Å². The van der Waals surface area contributed by atoms with Crippen molar-refractivity contribution in [1.82, 2.24) is 4.98 Å². The van der Waals surface area contributed by atoms with Gasteiger partial charge in [0.2, 0.25) is 0 Å². The molecular weight excluding hydrogens is 322 g/mol. The smallest absolute Gasteiger partial charge is 0.171 e. The lowest BCUT2D eigenvalue weighted by atomic mass is 10.1. The number of aliphatic imine (C=N–C) groups is 1. The van der Waals surface area contributed by atoms with Crippen LogP contribution in [-0.2, 0) is 4.79 Å². The molecule has 1 aromatic heterocycles. The maximum absolute atomic E-state index is 11.4. The van der Waals surface area contributed by atoms with E-state index in [9.17, 15) is 9.59 Å². The molecule has 1 aliphatic rings. The molecule has 0 bridgehead atoms. The molecule has 0 radical (unpaired) electrons. The van der Waals surface area contributed by atoms with E-state index < -0.39 is 6.04 Å². The minimum atomic E-state index is -0.532. The molecule has 0 amide bonds. The highest BCUT2D eigenvalue weighted by Gasteiger charge is 2.26. The SMILES string of the molecule is CCN(C1=NC(C=O)c2cccnc2S1)c1ccc(C(C)=O)cc1. The average molecular weight is 339 g/mol. The van der Waals surface area contributed by atoms with Gasteiger partial charge in [0.15, 0.2) is 11.0 Å². The molecule has 2 aromatic rings. The third-order valence-electron chi connectivity index (χ3n) is 3.82. The molecule has 2 heterocycles. The second kappa shape index (κ2) is 6.97. The largest absolute Gasteiger partial charge is 0.321 e. The molecule has 1 aromatic carbocycles. The lowest BCUT2D eigenvalue weighted by Gasteiger charge is -2.28. The molecule has 1 atom stereocenters. The Morgan fingerprint density at radius 2 is 2.04 bits per heavy atom. The number of benzene rings is 1. The molecule has 6 heteroatoms. The van der Waals surface area contributed by atoms with Crippen molar-refractivity contribution in [3.8, 4) is 0 Å². The highest BCUT2D eigenvalue weighted by atomic mass is 32.2. The van der Waals surface area contributed by atoms with E-state index in [1.165, 1.54) is 11.8 Å². The molecule has 0 fully saturated rings. The van der Waals surface area contributed by atoms with Crippen molar-refractivity contribution in [2.75, 3.05) is 11.4 Å². The number of amidine groups is 1. The maximum Gasteiger partial charge on any atom is 0.171 e. The van der Waals surface area contributed by atoms with Crippen molar-refractivity contribution in [3.63, 3.8) is 0 Å². The number of fused-ring (bicyclic) bond motifs is 1. The van der Waals surface area contributed by atoms with E-state index in [0.717, 1.165) is 27.7 Å². The van der Waals surface area contributed by atoms with Gasteiger partial charge in [-0.05, 0) is 55.9 Å². The highest BCUT2D eigenvalue weighted by molar-refractivity contribution is 8.14. The van der Waals surface area contributed by atoms with Crippen LogP contribution in [0.1, 0.15) is 35.8 Å². The van der Waals surface area contributed by atoms with E-state index >= 15 is 0 Å². The summed E-state index contributed by atoms with van der Waals surface area (Å²) >= 11 is 1.45. The second-order valence-electron chi connectivity index (χ2n) is 5.34. The average Bonchev–Trinajstić information content (AvgIpc) is 2.62. The lowest BCUT2D eigenvalue weighted by Crippen LogP contribution is -2.31. The van der Waals surface area contributed by atoms with Crippen molar-refractivity contribution in [1.29, 1.82) is 0 Å². The summed E-state index contributed by atoms with van der Waals surface area (Å²) in [5.74, 6) is 0.0353. The van der Waals surface area contributed by atoms with Crippen molar-refractivity contribution in [2.45, 2.75) is 24.9 Å². The molecule has 122 valence electrons. The van der Waals surface area contributed by atoms with Crippen molar-refractivity contribution in [3.05, 3.63) is 53.7 Å². The molecule has 0 saturated heterocycles. The molecule has 3 rings (SSSR count). The Hall–Kier alpha value is -2.47. The summed E-state index contributed by atoms with van der Waals surface area (Å²) in [5, 5.41) is 1.54. The molecule has 0 aliphatic carbocycles. The predicted molar refractivity (Wildman–Crippen MR) is 95.8 cm³/mol. The number of anilines is 1. The number of thioether (sulfide) groups is 1. The van der Waals surface area contributed by atoms with Crippen LogP contribution in [0.25, 0.3) is 0 Å². The molecule has 0 saturated carbocycles. The molecule has 0 spiro atoms. The van der Waals surface area contributed by atoms with E-state index in [2.05, 4.69) is 9.98 Å². The fourth-order valence-electron chi connectivity index (χ4n) is 2.55. The zero-order valence-electron chi connectivity index (χ0n) is 13.5. The maximum atomic E-state index is 11.4. The quantitative estimate of drug-likeness (QED) is 0.630. The van der Waals surface area contributed by atoms with Gasteiger partial charge in [-0.3, -0.25) is 4.79 Å². The summed E-state index contributed by atoms with van der Waals surface area (Å²) in [6.45, 7) is 4.26. The third kappa shape index (κ3) is 3.10. The van der Waals surface area contributed by atoms with Crippen LogP contribution in [0.15, 0.2) is 52.6 Å². The van der Waals surface area contributed by atoms with Crippen LogP contribution >= 0.6 is 11.8 Å². The molecule has 5 nitrogen and oxygen atoms in total. The van der Waals surface area contributed by atoms with Gasteiger partial charge in [-0.1, -0.05) is 6.07 Å². The van der Waals surface area contributed by atoms with Crippen molar-refractivity contribution >= 4 is 34.7 Å². The number of ketones is 1. The summed E-state index contributed by atoms with van der Waals surface area (Å²) < 4.78 is 0. The summed E-state index contributed by atoms with van der Waals surface area (Å²) in [6, 6.07) is 10.6. The minimum Gasteiger partial charge on any atom is -0.321 e. The number of hydrogen-bond donors (Lipinski definition) is 0. The number of aldehydes is 1. The Bertz CT molecular complexity index is 802. The Balaban J connectivity index is 1.95. The Kier molecular flexibility index (Phi) is 4.76. The Morgan fingerprint density at radius 1 is 1.29 bits per heavy atom. The number of Topliss-reactive ketones (excluding diaryl/α,β-unsaturated/α-hetero) is 1. The first kappa shape index (κ1) is 16.4. The van der Waals surface area contributed by atoms with Crippen molar-refractivity contribution < 1.29 is 9.59 Å². The van der Waals surface area contributed by atoms with Gasteiger partial charge in [0.1, 0.15) is 17.4 Å². The first-order valence-electron chi connectivity index (χ1n) is 7.68. The topological polar surface area (TPSA) is 62.6 Å². The number of nitrogens with zero attached hydrogens (tertiary/aromatic N) is 3. The van der Waals surface area contributed by atoms with Crippen LogP contribution in [0, 0.1) is 0 Å². The van der Waals surface area contributed by atoms with Crippen LogP contribution in [0.3, 0.4) is 0 Å². The highest BCUT2D eigenvalue weighted by Crippen LogP contribution is 2.35. The van der Waals surface area contributed by atoms with Gasteiger partial charge in [-0.2, -0.15) is 0 Å². The Labute approximate surface area is 144 Å². The predicted octanol–water partition coefficient (Wildman–Crippen LogP) is 3.51. The number of hydrogen-bond acceptors (Lipinski definition) is 6. The summed E-state index contributed by atoms with van der Waals surface area (Å²) in [5.41, 5.74) is 2.44. The van der Waals surface area contributed by atoms with E-state index in [1.807, 2.05) is 36.1 Å². The third-order valence-corrected chi connectivity index (χ3v) is 4.86. The first-order chi connectivity index (χ1) is 11.6. The summed E-state index contributed by atoms with van der Waals surface area (Å²) in [4.78, 5) is 33.8. The van der Waals surface area contributed by atoms with Crippen LogP contribution in [0.4, 0.5) is 5.69 Å². The standard InChI is InChI=1S/C18H17N3O2S/c1-3-21(14-8-6-13(7-9-14)12(2)23)18-20-16(11-22)15-5-4-10-19-17(15)24-18/h4-11,16H,3H2,1-2H3. The van der Waals surface area contributed by atoms with Gasteiger partial charge < -0.3 is 9.69 Å². The van der Waals surface area contributed by atoms with Gasteiger partial charge in [-0.15, -0.1) is 0 Å². The second-order valence-corrected chi connectivity index (χ2v) is 6.30. The molecule has 24 heavy (non-hydrogen) atoms. The van der Waals surface area contributed by atoms with E-state index in [1.54, 1.807) is 25.3 Å². The van der Waals surface area contributed by atoms with Gasteiger partial charge in [-0.25, -0.2) is 9.98 Å². The van der Waals surface area contributed by atoms with Gasteiger partial charge in [0, 0.05) is 29.6 Å².